The summed E-state index contributed by atoms with van der Waals surface area (Å²) in [5.41, 5.74) is 3.73. The van der Waals surface area contributed by atoms with Crippen LogP contribution in [-0.2, 0) is 11.4 Å². The monoisotopic (exact) mass is 328 g/mol. The van der Waals surface area contributed by atoms with E-state index in [2.05, 4.69) is 33.2 Å². The Bertz CT molecular complexity index is 813. The van der Waals surface area contributed by atoms with Gasteiger partial charge in [-0.15, -0.1) is 0 Å². The van der Waals surface area contributed by atoms with Crippen molar-refractivity contribution in [3.8, 4) is 0 Å². The fourth-order valence-corrected chi connectivity index (χ4v) is 2.93. The van der Waals surface area contributed by atoms with E-state index >= 15 is 0 Å². The number of hydrogen-bond acceptors (Lipinski definition) is 5. The maximum absolute atomic E-state index is 12.0. The third kappa shape index (κ3) is 3.77. The van der Waals surface area contributed by atoms with Crippen molar-refractivity contribution in [2.45, 2.75) is 6.54 Å². The molecule has 7 heteroatoms. The topological polar surface area (TPSA) is 75.3 Å². The summed E-state index contributed by atoms with van der Waals surface area (Å²) >= 11 is 1.29. The molecule has 0 spiro atoms. The van der Waals surface area contributed by atoms with Crippen molar-refractivity contribution < 1.29 is 9.63 Å². The fraction of sp³-hybridized carbons (Fsp3) is 0.125. The van der Waals surface area contributed by atoms with Crippen molar-refractivity contribution in [3.05, 3.63) is 54.2 Å². The first-order valence-corrected chi connectivity index (χ1v) is 7.84. The van der Waals surface area contributed by atoms with Crippen LogP contribution in [0.15, 0.2) is 48.7 Å². The van der Waals surface area contributed by atoms with Gasteiger partial charge >= 0.3 is 6.03 Å². The number of fused-ring (bicyclic) bond motifs is 1. The number of anilines is 2. The average Bonchev–Trinajstić information content (AvgIpc) is 3.00. The molecule has 0 aliphatic carbocycles. The van der Waals surface area contributed by atoms with Crippen LogP contribution >= 0.6 is 11.3 Å². The van der Waals surface area contributed by atoms with Gasteiger partial charge in [-0.2, -0.15) is 0 Å². The third-order valence-corrected chi connectivity index (χ3v) is 4.06. The summed E-state index contributed by atoms with van der Waals surface area (Å²) in [7, 11) is 1.52. The molecule has 23 heavy (non-hydrogen) atoms. The molecule has 0 bridgehead atoms. The summed E-state index contributed by atoms with van der Waals surface area (Å²) < 4.78 is 0. The smallest absolute Gasteiger partial charge is 0.321 e. The van der Waals surface area contributed by atoms with E-state index < -0.39 is 0 Å². The van der Waals surface area contributed by atoms with Gasteiger partial charge in [0.05, 0.1) is 13.3 Å². The zero-order valence-corrected chi connectivity index (χ0v) is 13.3. The zero-order valence-electron chi connectivity index (χ0n) is 12.5. The number of benzene rings is 2. The Morgan fingerprint density at radius 2 is 2.04 bits per heavy atom. The number of carbonyl (C=O) groups excluding carboxylic acids is 1. The van der Waals surface area contributed by atoms with Gasteiger partial charge in [0.25, 0.3) is 0 Å². The molecule has 3 aromatic rings. The lowest BCUT2D eigenvalue weighted by Gasteiger charge is -2.08. The molecule has 118 valence electrons. The molecule has 3 rings (SSSR count). The van der Waals surface area contributed by atoms with E-state index in [1.165, 1.54) is 18.4 Å². The fourth-order valence-electron chi connectivity index (χ4n) is 2.24. The Morgan fingerprint density at radius 1 is 1.22 bits per heavy atom. The van der Waals surface area contributed by atoms with Crippen molar-refractivity contribution in [2.75, 3.05) is 17.9 Å². The van der Waals surface area contributed by atoms with Crippen LogP contribution in [0.5, 0.6) is 0 Å². The van der Waals surface area contributed by atoms with E-state index in [9.17, 15) is 4.79 Å². The molecule has 2 aromatic carbocycles. The summed E-state index contributed by atoms with van der Waals surface area (Å²) in [6, 6.07) is 13.8. The first kappa shape index (κ1) is 15.3. The molecule has 0 radical (unpaired) electrons. The number of hydrogen-bond donors (Lipinski definition) is 3. The number of nitrogens with one attached hydrogen (secondary N) is 3. The number of carbonyl (C=O) groups is 1. The SMILES string of the molecule is CONc1cnc(NC(=O)NCc2cccc3ccccc23)s1. The number of amides is 2. The van der Waals surface area contributed by atoms with Gasteiger partial charge in [0, 0.05) is 6.54 Å². The van der Waals surface area contributed by atoms with Gasteiger partial charge in [-0.1, -0.05) is 53.8 Å². The van der Waals surface area contributed by atoms with E-state index in [4.69, 9.17) is 4.84 Å². The van der Waals surface area contributed by atoms with E-state index in [-0.39, 0.29) is 6.03 Å². The molecule has 0 atom stereocenters. The number of thiazole rings is 1. The largest absolute Gasteiger partial charge is 0.334 e. The Labute approximate surface area is 137 Å². The lowest BCUT2D eigenvalue weighted by Crippen LogP contribution is -2.28. The molecule has 0 aliphatic heterocycles. The minimum Gasteiger partial charge on any atom is -0.334 e. The van der Waals surface area contributed by atoms with Crippen LogP contribution in [0.25, 0.3) is 10.8 Å². The molecule has 0 saturated carbocycles. The molecule has 1 heterocycles. The summed E-state index contributed by atoms with van der Waals surface area (Å²) in [5, 5.41) is 9.06. The van der Waals surface area contributed by atoms with Crippen molar-refractivity contribution in [1.29, 1.82) is 0 Å². The van der Waals surface area contributed by atoms with Gasteiger partial charge in [-0.05, 0) is 16.3 Å². The minimum absolute atomic E-state index is 0.295. The average molecular weight is 328 g/mol. The zero-order chi connectivity index (χ0) is 16.1. The number of nitrogens with zero attached hydrogens (tertiary/aromatic N) is 1. The second-order valence-electron chi connectivity index (χ2n) is 4.78. The quantitative estimate of drug-likeness (QED) is 0.626. The van der Waals surface area contributed by atoms with E-state index in [1.54, 1.807) is 6.20 Å². The maximum atomic E-state index is 12.0. The predicted octanol–water partition coefficient (Wildman–Crippen LogP) is 3.59. The van der Waals surface area contributed by atoms with Crippen LogP contribution in [0, 0.1) is 0 Å². The highest BCUT2D eigenvalue weighted by Gasteiger charge is 2.07. The Morgan fingerprint density at radius 3 is 2.91 bits per heavy atom. The lowest BCUT2D eigenvalue weighted by atomic mass is 10.0. The van der Waals surface area contributed by atoms with Crippen molar-refractivity contribution >= 4 is 38.3 Å². The highest BCUT2D eigenvalue weighted by molar-refractivity contribution is 7.19. The van der Waals surface area contributed by atoms with Gasteiger partial charge in [0.1, 0.15) is 5.00 Å². The van der Waals surface area contributed by atoms with Crippen LogP contribution in [-0.4, -0.2) is 18.1 Å². The summed E-state index contributed by atoms with van der Waals surface area (Å²) in [5.74, 6) is 0. The van der Waals surface area contributed by atoms with Gasteiger partial charge in [-0.25, -0.2) is 9.78 Å². The van der Waals surface area contributed by atoms with Gasteiger partial charge in [-0.3, -0.25) is 15.6 Å². The van der Waals surface area contributed by atoms with Gasteiger partial charge < -0.3 is 5.32 Å². The van der Waals surface area contributed by atoms with Crippen LogP contribution in [0.4, 0.5) is 14.9 Å². The molecule has 0 fully saturated rings. The maximum Gasteiger partial charge on any atom is 0.321 e. The second kappa shape index (κ2) is 7.08. The Hall–Kier alpha value is -2.64. The molecular weight excluding hydrogens is 312 g/mol. The normalized spacial score (nSPS) is 10.5. The van der Waals surface area contributed by atoms with Crippen LogP contribution in [0.1, 0.15) is 5.56 Å². The molecule has 0 unspecified atom stereocenters. The summed E-state index contributed by atoms with van der Waals surface area (Å²) in [6.07, 6.45) is 1.59. The first-order chi connectivity index (χ1) is 11.3. The molecule has 1 aromatic heterocycles. The number of urea groups is 1. The second-order valence-corrected chi connectivity index (χ2v) is 5.81. The third-order valence-electron chi connectivity index (χ3n) is 3.25. The van der Waals surface area contributed by atoms with Crippen molar-refractivity contribution in [1.82, 2.24) is 10.3 Å². The lowest BCUT2D eigenvalue weighted by molar-refractivity contribution is 0.252. The number of aromatic nitrogens is 1. The van der Waals surface area contributed by atoms with E-state index in [0.29, 0.717) is 11.7 Å². The van der Waals surface area contributed by atoms with Crippen LogP contribution in [0.2, 0.25) is 0 Å². The Balaban J connectivity index is 1.61. The van der Waals surface area contributed by atoms with Crippen molar-refractivity contribution in [3.63, 3.8) is 0 Å². The minimum atomic E-state index is -0.295. The van der Waals surface area contributed by atoms with Gasteiger partial charge in [0.2, 0.25) is 0 Å². The molecule has 0 aliphatic rings. The van der Waals surface area contributed by atoms with E-state index in [0.717, 1.165) is 21.3 Å². The van der Waals surface area contributed by atoms with E-state index in [1.807, 2.05) is 30.3 Å². The standard InChI is InChI=1S/C16H16N4O2S/c1-22-20-14-10-18-16(23-14)19-15(21)17-9-12-7-4-6-11-5-2-3-8-13(11)12/h2-8,10,20H,9H2,1H3,(H2,17,18,19,21). The Kier molecular flexibility index (Phi) is 4.70. The summed E-state index contributed by atoms with van der Waals surface area (Å²) in [6.45, 7) is 0.446. The number of rotatable bonds is 5. The predicted molar refractivity (Wildman–Crippen MR) is 92.6 cm³/mol. The molecule has 3 N–H and O–H groups in total. The molecule has 2 amide bonds. The van der Waals surface area contributed by atoms with Crippen molar-refractivity contribution in [2.24, 2.45) is 0 Å². The summed E-state index contributed by atoms with van der Waals surface area (Å²) in [4.78, 5) is 20.9. The highest BCUT2D eigenvalue weighted by atomic mass is 32.1. The molecule has 0 saturated heterocycles. The first-order valence-electron chi connectivity index (χ1n) is 7.02. The van der Waals surface area contributed by atoms with Crippen LogP contribution < -0.4 is 16.1 Å². The van der Waals surface area contributed by atoms with Gasteiger partial charge in [0.15, 0.2) is 5.13 Å². The molecule has 6 nitrogen and oxygen atoms in total. The molecular formula is C16H16N4O2S. The van der Waals surface area contributed by atoms with Crippen LogP contribution in [0.3, 0.4) is 0 Å². The highest BCUT2D eigenvalue weighted by Crippen LogP contribution is 2.23.